The fourth-order valence-corrected chi connectivity index (χ4v) is 1.83. The molecule has 1 heterocycles. The van der Waals surface area contributed by atoms with Gasteiger partial charge in [-0.15, -0.1) is 10.2 Å². The predicted molar refractivity (Wildman–Crippen MR) is 64.8 cm³/mol. The number of alkyl carbamates (subject to hydrolysis) is 1. The lowest BCUT2D eigenvalue weighted by atomic mass is 10.6. The van der Waals surface area contributed by atoms with Gasteiger partial charge in [-0.2, -0.15) is 0 Å². The summed E-state index contributed by atoms with van der Waals surface area (Å²) >= 11 is 1.17. The van der Waals surface area contributed by atoms with Gasteiger partial charge in [0.15, 0.2) is 5.16 Å². The summed E-state index contributed by atoms with van der Waals surface area (Å²) in [5.74, 6) is 0.231. The summed E-state index contributed by atoms with van der Waals surface area (Å²) in [6.45, 7) is 2.15. The van der Waals surface area contributed by atoms with Crippen molar-refractivity contribution in [2.75, 3.05) is 12.4 Å². The molecule has 0 radical (unpaired) electrons. The van der Waals surface area contributed by atoms with Gasteiger partial charge in [-0.25, -0.2) is 4.79 Å². The fourth-order valence-electron chi connectivity index (χ4n) is 1.10. The first-order valence-electron chi connectivity index (χ1n) is 5.26. The van der Waals surface area contributed by atoms with Gasteiger partial charge in [-0.3, -0.25) is 10.1 Å². The number of aromatic nitrogens is 3. The van der Waals surface area contributed by atoms with Crippen LogP contribution in [0.1, 0.15) is 12.7 Å². The van der Waals surface area contributed by atoms with E-state index in [1.807, 2.05) is 0 Å². The molecule has 1 rings (SSSR count). The highest BCUT2D eigenvalue weighted by Gasteiger charge is 2.12. The molecule has 0 aliphatic rings. The standard InChI is InChI=1S/C9H15N5O3S/c1-3-17-9(16)11-7(15)5-18-8-13-12-6(4-10)14(8)2/h3-5,10H2,1-2H3,(H,11,15,16). The molecule has 18 heavy (non-hydrogen) atoms. The number of nitrogens with two attached hydrogens (primary N) is 1. The van der Waals surface area contributed by atoms with Crippen molar-refractivity contribution in [1.82, 2.24) is 20.1 Å². The molecular weight excluding hydrogens is 258 g/mol. The molecule has 0 aliphatic carbocycles. The summed E-state index contributed by atoms with van der Waals surface area (Å²) < 4.78 is 6.28. The third kappa shape index (κ3) is 4.00. The molecule has 100 valence electrons. The molecule has 0 aromatic carbocycles. The molecule has 8 nitrogen and oxygen atoms in total. The largest absolute Gasteiger partial charge is 0.450 e. The Bertz CT molecular complexity index is 434. The Hall–Kier alpha value is -1.61. The van der Waals surface area contributed by atoms with Crippen molar-refractivity contribution in [2.24, 2.45) is 12.8 Å². The van der Waals surface area contributed by atoms with Crippen LogP contribution in [0.5, 0.6) is 0 Å². The number of hydrogen-bond donors (Lipinski definition) is 2. The molecule has 1 aromatic heterocycles. The van der Waals surface area contributed by atoms with E-state index in [0.717, 1.165) is 0 Å². The van der Waals surface area contributed by atoms with E-state index in [1.165, 1.54) is 11.8 Å². The Morgan fingerprint density at radius 3 is 2.78 bits per heavy atom. The van der Waals surface area contributed by atoms with Crippen LogP contribution in [0, 0.1) is 0 Å². The van der Waals surface area contributed by atoms with Gasteiger partial charge in [0.2, 0.25) is 5.91 Å². The number of imide groups is 1. The molecule has 0 spiro atoms. The predicted octanol–water partition coefficient (Wildman–Crippen LogP) is -0.361. The zero-order chi connectivity index (χ0) is 13.5. The smallest absolute Gasteiger partial charge is 0.413 e. The topological polar surface area (TPSA) is 112 Å². The van der Waals surface area contributed by atoms with Crippen LogP contribution in [-0.4, -0.2) is 39.1 Å². The van der Waals surface area contributed by atoms with Crippen LogP contribution >= 0.6 is 11.8 Å². The van der Waals surface area contributed by atoms with Gasteiger partial charge in [-0.1, -0.05) is 11.8 Å². The zero-order valence-electron chi connectivity index (χ0n) is 10.2. The van der Waals surface area contributed by atoms with Gasteiger partial charge in [-0.05, 0) is 6.92 Å². The van der Waals surface area contributed by atoms with Gasteiger partial charge < -0.3 is 15.0 Å². The normalized spacial score (nSPS) is 10.2. The molecule has 2 amide bonds. The maximum atomic E-state index is 11.4. The second-order valence-electron chi connectivity index (χ2n) is 3.22. The minimum atomic E-state index is -0.747. The zero-order valence-corrected chi connectivity index (χ0v) is 11.0. The van der Waals surface area contributed by atoms with E-state index in [-0.39, 0.29) is 18.9 Å². The molecule has 3 N–H and O–H groups in total. The van der Waals surface area contributed by atoms with Gasteiger partial charge >= 0.3 is 6.09 Å². The number of ether oxygens (including phenoxy) is 1. The molecular formula is C9H15N5O3S. The molecule has 0 saturated carbocycles. The molecule has 0 atom stereocenters. The number of amides is 2. The van der Waals surface area contributed by atoms with Crippen LogP contribution in [0.3, 0.4) is 0 Å². The molecule has 0 saturated heterocycles. The highest BCUT2D eigenvalue weighted by atomic mass is 32.2. The Kier molecular flexibility index (Phi) is 5.59. The van der Waals surface area contributed by atoms with Crippen molar-refractivity contribution >= 4 is 23.8 Å². The number of nitrogens with zero attached hydrogens (tertiary/aromatic N) is 3. The van der Waals surface area contributed by atoms with Gasteiger partial charge in [0, 0.05) is 7.05 Å². The molecule has 0 unspecified atom stereocenters. The van der Waals surface area contributed by atoms with Crippen molar-refractivity contribution in [3.63, 3.8) is 0 Å². The number of carbonyl (C=O) groups is 2. The molecule has 9 heteroatoms. The monoisotopic (exact) mass is 273 g/mol. The first kappa shape index (κ1) is 14.5. The van der Waals surface area contributed by atoms with E-state index in [0.29, 0.717) is 11.0 Å². The summed E-state index contributed by atoms with van der Waals surface area (Å²) in [6.07, 6.45) is -0.747. The Morgan fingerprint density at radius 1 is 1.50 bits per heavy atom. The minimum Gasteiger partial charge on any atom is -0.450 e. The third-order valence-electron chi connectivity index (χ3n) is 1.96. The minimum absolute atomic E-state index is 0.0510. The van der Waals surface area contributed by atoms with Crippen molar-refractivity contribution in [3.8, 4) is 0 Å². The molecule has 0 aliphatic heterocycles. The number of nitrogens with one attached hydrogen (secondary N) is 1. The van der Waals surface area contributed by atoms with E-state index in [1.54, 1.807) is 18.5 Å². The van der Waals surface area contributed by atoms with E-state index in [4.69, 9.17) is 5.73 Å². The van der Waals surface area contributed by atoms with Crippen LogP contribution in [0.25, 0.3) is 0 Å². The summed E-state index contributed by atoms with van der Waals surface area (Å²) in [5, 5.41) is 10.4. The summed E-state index contributed by atoms with van der Waals surface area (Å²) in [6, 6.07) is 0. The summed E-state index contributed by atoms with van der Waals surface area (Å²) in [7, 11) is 1.76. The van der Waals surface area contributed by atoms with Crippen LogP contribution in [0.4, 0.5) is 4.79 Å². The number of hydrogen-bond acceptors (Lipinski definition) is 7. The van der Waals surface area contributed by atoms with Gasteiger partial charge in [0.25, 0.3) is 0 Å². The van der Waals surface area contributed by atoms with Crippen molar-refractivity contribution in [3.05, 3.63) is 5.82 Å². The van der Waals surface area contributed by atoms with E-state index < -0.39 is 12.0 Å². The first-order chi connectivity index (χ1) is 8.58. The average molecular weight is 273 g/mol. The average Bonchev–Trinajstić information content (AvgIpc) is 2.67. The Balaban J connectivity index is 2.42. The quantitative estimate of drug-likeness (QED) is 0.704. The van der Waals surface area contributed by atoms with Crippen LogP contribution in [0.15, 0.2) is 5.16 Å². The van der Waals surface area contributed by atoms with Crippen LogP contribution in [0.2, 0.25) is 0 Å². The molecule has 1 aromatic rings. The number of rotatable bonds is 5. The molecule has 0 bridgehead atoms. The Labute approximate surface area is 108 Å². The second kappa shape index (κ2) is 6.97. The fraction of sp³-hybridized carbons (Fsp3) is 0.556. The lowest BCUT2D eigenvalue weighted by Gasteiger charge is -2.04. The van der Waals surface area contributed by atoms with E-state index >= 15 is 0 Å². The lowest BCUT2D eigenvalue weighted by Crippen LogP contribution is -2.32. The van der Waals surface area contributed by atoms with Gasteiger partial charge in [0.1, 0.15) is 5.82 Å². The maximum absolute atomic E-state index is 11.4. The van der Waals surface area contributed by atoms with E-state index in [9.17, 15) is 9.59 Å². The van der Waals surface area contributed by atoms with Crippen molar-refractivity contribution in [1.29, 1.82) is 0 Å². The number of carbonyl (C=O) groups excluding carboxylic acids is 2. The van der Waals surface area contributed by atoms with Crippen LogP contribution in [-0.2, 0) is 23.1 Å². The Morgan fingerprint density at radius 2 is 2.22 bits per heavy atom. The van der Waals surface area contributed by atoms with Gasteiger partial charge in [0.05, 0.1) is 18.9 Å². The SMILES string of the molecule is CCOC(=O)NC(=O)CSc1nnc(CN)n1C. The van der Waals surface area contributed by atoms with E-state index in [2.05, 4.69) is 20.3 Å². The van der Waals surface area contributed by atoms with Crippen molar-refractivity contribution < 1.29 is 14.3 Å². The highest BCUT2D eigenvalue weighted by Crippen LogP contribution is 2.14. The summed E-state index contributed by atoms with van der Waals surface area (Å²) in [5.41, 5.74) is 5.45. The first-order valence-corrected chi connectivity index (χ1v) is 6.24. The number of thioether (sulfide) groups is 1. The van der Waals surface area contributed by atoms with Crippen LogP contribution < -0.4 is 11.1 Å². The molecule has 0 fully saturated rings. The lowest BCUT2D eigenvalue weighted by molar-refractivity contribution is -0.117. The van der Waals surface area contributed by atoms with Crippen molar-refractivity contribution in [2.45, 2.75) is 18.6 Å². The summed E-state index contributed by atoms with van der Waals surface area (Å²) in [4.78, 5) is 22.3. The third-order valence-corrected chi connectivity index (χ3v) is 2.98. The highest BCUT2D eigenvalue weighted by molar-refractivity contribution is 7.99. The second-order valence-corrected chi connectivity index (χ2v) is 4.16. The maximum Gasteiger partial charge on any atom is 0.413 e.